The first-order valence-corrected chi connectivity index (χ1v) is 7.39. The van der Waals surface area contributed by atoms with Crippen LogP contribution < -0.4 is 0 Å². The summed E-state index contributed by atoms with van der Waals surface area (Å²) < 4.78 is 1.59. The smallest absolute Gasteiger partial charge is 0.308 e. The summed E-state index contributed by atoms with van der Waals surface area (Å²) in [5.41, 5.74) is 1.40. The molecule has 116 valence electrons. The summed E-state index contributed by atoms with van der Waals surface area (Å²) in [4.78, 5) is 25.5. The zero-order valence-electron chi connectivity index (χ0n) is 13.0. The first kappa shape index (κ1) is 15.5. The van der Waals surface area contributed by atoms with Gasteiger partial charge in [-0.05, 0) is 31.7 Å². The Balaban J connectivity index is 2.23. The highest BCUT2D eigenvalue weighted by atomic mass is 16.4. The molecule has 0 radical (unpaired) electrons. The summed E-state index contributed by atoms with van der Waals surface area (Å²) in [7, 11) is 1.75. The number of carboxylic acids is 1. The van der Waals surface area contributed by atoms with Crippen LogP contribution in [0.2, 0.25) is 0 Å². The molecule has 6 nitrogen and oxygen atoms in total. The molecule has 1 saturated heterocycles. The molecule has 6 heteroatoms. The average Bonchev–Trinajstić information content (AvgIpc) is 2.80. The molecule has 0 saturated carbocycles. The number of carbonyl (C=O) groups excluding carboxylic acids is 1. The molecule has 1 aromatic rings. The maximum absolute atomic E-state index is 12.7. The molecule has 1 aliphatic heterocycles. The van der Waals surface area contributed by atoms with Gasteiger partial charge in [0.1, 0.15) is 5.69 Å². The fourth-order valence-electron chi connectivity index (χ4n) is 2.71. The summed E-state index contributed by atoms with van der Waals surface area (Å²) in [5.74, 6) is -1.17. The van der Waals surface area contributed by atoms with Gasteiger partial charge in [0.25, 0.3) is 5.91 Å². The Labute approximate surface area is 124 Å². The molecular weight excluding hydrogens is 270 g/mol. The van der Waals surface area contributed by atoms with Crippen molar-refractivity contribution in [3.8, 4) is 0 Å². The molecule has 0 aromatic carbocycles. The predicted octanol–water partition coefficient (Wildman–Crippen LogP) is 1.87. The van der Waals surface area contributed by atoms with Crippen LogP contribution in [0.3, 0.4) is 0 Å². The number of hydrogen-bond acceptors (Lipinski definition) is 3. The molecular formula is C15H23N3O3. The predicted molar refractivity (Wildman–Crippen MR) is 78.2 cm³/mol. The minimum Gasteiger partial charge on any atom is -0.481 e. The second-order valence-corrected chi connectivity index (χ2v) is 6.15. The molecule has 1 N–H and O–H groups in total. The van der Waals surface area contributed by atoms with Gasteiger partial charge in [-0.15, -0.1) is 0 Å². The minimum absolute atomic E-state index is 0.0606. The molecule has 0 bridgehead atoms. The number of rotatable bonds is 3. The van der Waals surface area contributed by atoms with E-state index in [-0.39, 0.29) is 24.4 Å². The number of aromatic nitrogens is 2. The lowest BCUT2D eigenvalue weighted by atomic mass is 9.93. The maximum atomic E-state index is 12.7. The summed E-state index contributed by atoms with van der Waals surface area (Å²) >= 11 is 0. The van der Waals surface area contributed by atoms with Gasteiger partial charge in [0.15, 0.2) is 0 Å². The van der Waals surface area contributed by atoms with Crippen molar-refractivity contribution in [3.05, 3.63) is 17.5 Å². The molecule has 2 heterocycles. The van der Waals surface area contributed by atoms with Crippen LogP contribution in [0.5, 0.6) is 0 Å². The van der Waals surface area contributed by atoms with Crippen LogP contribution in [0.25, 0.3) is 0 Å². The van der Waals surface area contributed by atoms with Gasteiger partial charge >= 0.3 is 5.97 Å². The molecule has 2 rings (SSSR count). The zero-order chi connectivity index (χ0) is 15.7. The van der Waals surface area contributed by atoms with Crippen molar-refractivity contribution in [2.75, 3.05) is 6.54 Å². The molecule has 0 spiro atoms. The Bertz CT molecular complexity index is 550. The molecule has 1 aliphatic rings. The number of nitrogens with zero attached hydrogens (tertiary/aromatic N) is 3. The second-order valence-electron chi connectivity index (χ2n) is 6.15. The van der Waals surface area contributed by atoms with Crippen molar-refractivity contribution in [1.29, 1.82) is 0 Å². The summed E-state index contributed by atoms with van der Waals surface area (Å²) in [6.45, 7) is 6.30. The summed E-state index contributed by atoms with van der Waals surface area (Å²) in [5, 5.41) is 13.5. The van der Waals surface area contributed by atoms with E-state index in [1.807, 2.05) is 26.8 Å². The quantitative estimate of drug-likeness (QED) is 0.923. The van der Waals surface area contributed by atoms with Crippen molar-refractivity contribution in [2.45, 2.75) is 45.6 Å². The third kappa shape index (κ3) is 3.09. The topological polar surface area (TPSA) is 75.4 Å². The van der Waals surface area contributed by atoms with E-state index >= 15 is 0 Å². The SMILES string of the molecule is CC(C)c1cc(C(=O)N2CC(C(=O)O)CCC2C)n(C)n1. The number of likely N-dealkylation sites (tertiary alicyclic amines) is 1. The highest BCUT2D eigenvalue weighted by Crippen LogP contribution is 2.24. The number of piperidine rings is 1. The molecule has 0 aliphatic carbocycles. The number of amides is 1. The standard InChI is InChI=1S/C15H23N3O3/c1-9(2)12-7-13(17(4)16-12)14(19)18-8-11(15(20)21)6-5-10(18)3/h7,9-11H,5-6,8H2,1-4H3,(H,20,21). The Hall–Kier alpha value is -1.85. The average molecular weight is 293 g/mol. The number of aryl methyl sites for hydroxylation is 1. The van der Waals surface area contributed by atoms with Gasteiger partial charge in [-0.2, -0.15) is 5.10 Å². The third-order valence-electron chi connectivity index (χ3n) is 4.20. The fraction of sp³-hybridized carbons (Fsp3) is 0.667. The van der Waals surface area contributed by atoms with Gasteiger partial charge in [-0.25, -0.2) is 0 Å². The van der Waals surface area contributed by atoms with Crippen molar-refractivity contribution < 1.29 is 14.7 Å². The maximum Gasteiger partial charge on any atom is 0.308 e. The number of aliphatic carboxylic acids is 1. The van der Waals surface area contributed by atoms with Gasteiger partial charge in [0.2, 0.25) is 0 Å². The Kier molecular flexibility index (Phi) is 4.34. The largest absolute Gasteiger partial charge is 0.481 e. The van der Waals surface area contributed by atoms with E-state index in [2.05, 4.69) is 5.10 Å². The van der Waals surface area contributed by atoms with Gasteiger partial charge in [-0.3, -0.25) is 14.3 Å². The van der Waals surface area contributed by atoms with Gasteiger partial charge < -0.3 is 10.0 Å². The molecule has 1 aromatic heterocycles. The lowest BCUT2D eigenvalue weighted by Crippen LogP contribution is -2.47. The van der Waals surface area contributed by atoms with E-state index in [4.69, 9.17) is 0 Å². The lowest BCUT2D eigenvalue weighted by molar-refractivity contribution is -0.143. The van der Waals surface area contributed by atoms with Crippen molar-refractivity contribution in [3.63, 3.8) is 0 Å². The third-order valence-corrected chi connectivity index (χ3v) is 4.20. The Morgan fingerprint density at radius 2 is 2.05 bits per heavy atom. The summed E-state index contributed by atoms with van der Waals surface area (Å²) in [6.07, 6.45) is 1.35. The van der Waals surface area contributed by atoms with Crippen LogP contribution in [0.1, 0.15) is 55.7 Å². The van der Waals surface area contributed by atoms with Crippen LogP contribution in [0, 0.1) is 5.92 Å². The summed E-state index contributed by atoms with van der Waals surface area (Å²) in [6, 6.07) is 1.87. The van der Waals surface area contributed by atoms with Gasteiger partial charge in [0, 0.05) is 19.6 Å². The van der Waals surface area contributed by atoms with Crippen molar-refractivity contribution >= 4 is 11.9 Å². The van der Waals surface area contributed by atoms with E-state index < -0.39 is 11.9 Å². The van der Waals surface area contributed by atoms with Crippen LogP contribution in [0.4, 0.5) is 0 Å². The lowest BCUT2D eigenvalue weighted by Gasteiger charge is -2.36. The van der Waals surface area contributed by atoms with Crippen LogP contribution in [0.15, 0.2) is 6.07 Å². The first-order valence-electron chi connectivity index (χ1n) is 7.39. The number of carboxylic acid groups (broad SMARTS) is 1. The highest BCUT2D eigenvalue weighted by molar-refractivity contribution is 5.93. The van der Waals surface area contributed by atoms with Gasteiger partial charge in [0.05, 0.1) is 11.6 Å². The van der Waals surface area contributed by atoms with Crippen molar-refractivity contribution in [1.82, 2.24) is 14.7 Å². The van der Waals surface area contributed by atoms with Crippen LogP contribution in [-0.2, 0) is 11.8 Å². The van der Waals surface area contributed by atoms with Gasteiger partial charge in [-0.1, -0.05) is 13.8 Å². The highest BCUT2D eigenvalue weighted by Gasteiger charge is 2.34. The number of hydrogen-bond donors (Lipinski definition) is 1. The first-order chi connectivity index (χ1) is 9.81. The minimum atomic E-state index is -0.826. The van der Waals surface area contributed by atoms with E-state index in [1.165, 1.54) is 0 Å². The molecule has 1 amide bonds. The molecule has 1 fully saturated rings. The van der Waals surface area contributed by atoms with Crippen LogP contribution >= 0.6 is 0 Å². The van der Waals surface area contributed by atoms with Crippen molar-refractivity contribution in [2.24, 2.45) is 13.0 Å². The Morgan fingerprint density at radius 3 is 2.57 bits per heavy atom. The van der Waals surface area contributed by atoms with E-state index in [0.29, 0.717) is 12.1 Å². The number of carbonyl (C=O) groups is 2. The second kappa shape index (κ2) is 5.87. The monoisotopic (exact) mass is 293 g/mol. The molecule has 21 heavy (non-hydrogen) atoms. The normalized spacial score (nSPS) is 22.6. The molecule has 2 atom stereocenters. The molecule has 2 unspecified atom stereocenters. The zero-order valence-corrected chi connectivity index (χ0v) is 13.0. The Morgan fingerprint density at radius 1 is 1.38 bits per heavy atom. The van der Waals surface area contributed by atoms with E-state index in [1.54, 1.807) is 16.6 Å². The fourth-order valence-corrected chi connectivity index (χ4v) is 2.71. The van der Waals surface area contributed by atoms with Crippen LogP contribution in [-0.4, -0.2) is 44.3 Å². The van der Waals surface area contributed by atoms with E-state index in [0.717, 1.165) is 12.1 Å². The van der Waals surface area contributed by atoms with E-state index in [9.17, 15) is 14.7 Å².